The maximum atomic E-state index is 13.2. The van der Waals surface area contributed by atoms with E-state index < -0.39 is 35.0 Å². The topological polar surface area (TPSA) is 94.5 Å². The predicted molar refractivity (Wildman–Crippen MR) is 99.1 cm³/mol. The van der Waals surface area contributed by atoms with Crippen LogP contribution in [0, 0.1) is 19.7 Å². The van der Waals surface area contributed by atoms with Crippen LogP contribution in [0.15, 0.2) is 35.2 Å². The Kier molecular flexibility index (Phi) is 5.66. The average molecular weight is 408 g/mol. The molecule has 1 aliphatic carbocycles. The van der Waals surface area contributed by atoms with Crippen molar-refractivity contribution in [2.45, 2.75) is 37.6 Å². The molecule has 1 aromatic carbocycles. The fourth-order valence-electron chi connectivity index (χ4n) is 3.10. The molecule has 0 radical (unpaired) electrons. The monoisotopic (exact) mass is 408 g/mol. The van der Waals surface area contributed by atoms with Gasteiger partial charge in [0.2, 0.25) is 15.8 Å². The Morgan fingerprint density at radius 3 is 2.61 bits per heavy atom. The van der Waals surface area contributed by atoms with Crippen molar-refractivity contribution in [3.63, 3.8) is 0 Å². The van der Waals surface area contributed by atoms with Crippen LogP contribution in [0.25, 0.3) is 0 Å². The summed E-state index contributed by atoms with van der Waals surface area (Å²) in [4.78, 5) is 23.9. The van der Waals surface area contributed by atoms with Crippen molar-refractivity contribution >= 4 is 21.8 Å². The molecule has 0 atom stereocenters. The molecule has 0 aliphatic heterocycles. The zero-order valence-electron chi connectivity index (χ0n) is 15.6. The Balaban J connectivity index is 1.54. The smallest absolute Gasteiger partial charge is 0.321 e. The van der Waals surface area contributed by atoms with Crippen LogP contribution in [0.4, 0.5) is 4.39 Å². The molecule has 1 saturated carbocycles. The van der Waals surface area contributed by atoms with Crippen molar-refractivity contribution in [1.29, 1.82) is 0 Å². The van der Waals surface area contributed by atoms with Crippen LogP contribution >= 0.6 is 0 Å². The second-order valence-corrected chi connectivity index (χ2v) is 8.52. The number of aromatic nitrogens is 1. The molecule has 0 amide bonds. The molecule has 9 heteroatoms. The summed E-state index contributed by atoms with van der Waals surface area (Å²) in [6, 6.07) is 6.61. The van der Waals surface area contributed by atoms with E-state index in [9.17, 15) is 22.4 Å². The van der Waals surface area contributed by atoms with Crippen molar-refractivity contribution in [3.05, 3.63) is 53.1 Å². The van der Waals surface area contributed by atoms with Crippen LogP contribution < -0.4 is 4.72 Å². The molecule has 2 aromatic rings. The average Bonchev–Trinajstić information content (AvgIpc) is 3.43. The molecule has 1 fully saturated rings. The number of rotatable bonds is 8. The lowest BCUT2D eigenvalue weighted by atomic mass is 10.1. The van der Waals surface area contributed by atoms with E-state index in [-0.39, 0.29) is 10.7 Å². The minimum absolute atomic E-state index is 0.302. The van der Waals surface area contributed by atoms with Crippen molar-refractivity contribution in [3.8, 4) is 0 Å². The highest BCUT2D eigenvalue weighted by molar-refractivity contribution is 7.89. The van der Waals surface area contributed by atoms with E-state index in [2.05, 4.69) is 4.57 Å². The van der Waals surface area contributed by atoms with Gasteiger partial charge in [-0.05, 0) is 51.0 Å². The zero-order chi connectivity index (χ0) is 20.5. The summed E-state index contributed by atoms with van der Waals surface area (Å²) in [5.41, 5.74) is 2.32. The maximum absolute atomic E-state index is 13.2. The fourth-order valence-corrected chi connectivity index (χ4v) is 4.10. The molecule has 1 N–H and O–H groups in total. The SMILES string of the molecule is Cc1cc(C(=O)COC(=O)CNS(=O)(=O)c2cccc(F)c2)c(C)n1C1CC1. The molecule has 3 rings (SSSR count). The van der Waals surface area contributed by atoms with Gasteiger partial charge in [0.1, 0.15) is 12.4 Å². The number of hydrogen-bond donors (Lipinski definition) is 1. The van der Waals surface area contributed by atoms with Crippen molar-refractivity contribution in [2.75, 3.05) is 13.2 Å². The Labute approximate surface area is 162 Å². The van der Waals surface area contributed by atoms with E-state index >= 15 is 0 Å². The Hall–Kier alpha value is -2.52. The molecule has 1 aromatic heterocycles. The molecule has 0 saturated heterocycles. The maximum Gasteiger partial charge on any atom is 0.321 e. The van der Waals surface area contributed by atoms with E-state index in [1.54, 1.807) is 6.07 Å². The summed E-state index contributed by atoms with van der Waals surface area (Å²) in [6.45, 7) is 2.64. The lowest BCUT2D eigenvalue weighted by molar-refractivity contribution is -0.141. The van der Waals surface area contributed by atoms with Crippen LogP contribution in [0.5, 0.6) is 0 Å². The first-order valence-corrected chi connectivity index (χ1v) is 10.3. The second-order valence-electron chi connectivity index (χ2n) is 6.75. The van der Waals surface area contributed by atoms with Crippen molar-refractivity contribution in [2.24, 2.45) is 0 Å². The van der Waals surface area contributed by atoms with Gasteiger partial charge in [-0.15, -0.1) is 0 Å². The lowest BCUT2D eigenvalue weighted by Gasteiger charge is -2.08. The highest BCUT2D eigenvalue weighted by atomic mass is 32.2. The summed E-state index contributed by atoms with van der Waals surface area (Å²) in [5, 5.41) is 0. The number of carbonyl (C=O) groups excluding carboxylic acids is 2. The highest BCUT2D eigenvalue weighted by Crippen LogP contribution is 2.38. The van der Waals surface area contributed by atoms with Gasteiger partial charge in [0.15, 0.2) is 6.61 Å². The molecule has 28 heavy (non-hydrogen) atoms. The van der Waals surface area contributed by atoms with Crippen LogP contribution in [-0.2, 0) is 19.6 Å². The van der Waals surface area contributed by atoms with E-state index in [4.69, 9.17) is 4.74 Å². The van der Waals surface area contributed by atoms with Crippen LogP contribution in [0.3, 0.4) is 0 Å². The summed E-state index contributed by atoms with van der Waals surface area (Å²) < 4.78 is 46.3. The number of sulfonamides is 1. The highest BCUT2D eigenvalue weighted by Gasteiger charge is 2.28. The van der Waals surface area contributed by atoms with Crippen LogP contribution in [0.1, 0.15) is 40.6 Å². The molecule has 0 spiro atoms. The standard InChI is InChI=1S/C19H21FN2O5S/c1-12-8-17(13(2)22(12)15-6-7-15)18(23)11-27-19(24)10-21-28(25,26)16-5-3-4-14(20)9-16/h3-5,8-9,15,21H,6-7,10-11H2,1-2H3. The molecule has 0 unspecified atom stereocenters. The van der Waals surface area contributed by atoms with Gasteiger partial charge in [0.25, 0.3) is 0 Å². The Bertz CT molecular complexity index is 1020. The van der Waals surface area contributed by atoms with Gasteiger partial charge in [0, 0.05) is 23.0 Å². The van der Waals surface area contributed by atoms with E-state index in [0.717, 1.165) is 36.4 Å². The minimum atomic E-state index is -4.06. The molecular formula is C19H21FN2O5S. The number of ether oxygens (including phenoxy) is 1. The summed E-state index contributed by atoms with van der Waals surface area (Å²) >= 11 is 0. The molecular weight excluding hydrogens is 387 g/mol. The number of esters is 1. The van der Waals surface area contributed by atoms with Gasteiger partial charge in [-0.25, -0.2) is 12.8 Å². The summed E-state index contributed by atoms with van der Waals surface area (Å²) in [5.74, 6) is -1.95. The number of aryl methyl sites for hydroxylation is 1. The van der Waals surface area contributed by atoms with Crippen molar-refractivity contribution in [1.82, 2.24) is 9.29 Å². The molecule has 7 nitrogen and oxygen atoms in total. The van der Waals surface area contributed by atoms with E-state index in [0.29, 0.717) is 11.6 Å². The third-order valence-electron chi connectivity index (χ3n) is 4.57. The number of benzene rings is 1. The van der Waals surface area contributed by atoms with Gasteiger partial charge < -0.3 is 9.30 Å². The number of nitrogens with zero attached hydrogens (tertiary/aromatic N) is 1. The van der Waals surface area contributed by atoms with Gasteiger partial charge in [0.05, 0.1) is 4.90 Å². The number of hydrogen-bond acceptors (Lipinski definition) is 5. The van der Waals surface area contributed by atoms with Gasteiger partial charge in [-0.3, -0.25) is 9.59 Å². The largest absolute Gasteiger partial charge is 0.456 e. The molecule has 1 aliphatic rings. The van der Waals surface area contributed by atoms with Gasteiger partial charge >= 0.3 is 5.97 Å². The predicted octanol–water partition coefficient (Wildman–Crippen LogP) is 2.28. The van der Waals surface area contributed by atoms with Crippen molar-refractivity contribution < 1.29 is 27.1 Å². The first kappa shape index (κ1) is 20.2. The Morgan fingerprint density at radius 1 is 1.25 bits per heavy atom. The number of nitrogens with one attached hydrogen (secondary N) is 1. The first-order valence-electron chi connectivity index (χ1n) is 8.81. The third-order valence-corrected chi connectivity index (χ3v) is 5.97. The quantitative estimate of drug-likeness (QED) is 0.534. The molecule has 1 heterocycles. The Morgan fingerprint density at radius 2 is 1.96 bits per heavy atom. The lowest BCUT2D eigenvalue weighted by Crippen LogP contribution is -2.31. The summed E-state index contributed by atoms with van der Waals surface area (Å²) in [6.07, 6.45) is 2.18. The minimum Gasteiger partial charge on any atom is -0.456 e. The molecule has 150 valence electrons. The van der Waals surface area contributed by atoms with E-state index in [1.165, 1.54) is 12.1 Å². The number of carbonyl (C=O) groups is 2. The second kappa shape index (κ2) is 7.84. The van der Waals surface area contributed by atoms with Crippen LogP contribution in [-0.4, -0.2) is 37.9 Å². The number of ketones is 1. The summed E-state index contributed by atoms with van der Waals surface area (Å²) in [7, 11) is -4.06. The van der Waals surface area contributed by atoms with Crippen LogP contribution in [0.2, 0.25) is 0 Å². The number of Topliss-reactive ketones (excluding diaryl/α,β-unsaturated/α-hetero) is 1. The normalized spacial score (nSPS) is 14.1. The van der Waals surface area contributed by atoms with Gasteiger partial charge in [-0.1, -0.05) is 6.07 Å². The first-order chi connectivity index (χ1) is 13.2. The molecule has 0 bridgehead atoms. The zero-order valence-corrected chi connectivity index (χ0v) is 16.4. The van der Waals surface area contributed by atoms with Gasteiger partial charge in [-0.2, -0.15) is 4.72 Å². The third kappa shape index (κ3) is 4.48. The number of halogens is 1. The van der Waals surface area contributed by atoms with E-state index in [1.807, 2.05) is 18.6 Å². The fraction of sp³-hybridized carbons (Fsp3) is 0.368.